The zero-order chi connectivity index (χ0) is 13.2. The Balaban J connectivity index is 0.00000180. The van der Waals surface area contributed by atoms with E-state index in [1.54, 1.807) is 0 Å². The molecule has 1 aliphatic carbocycles. The maximum absolute atomic E-state index is 13.8. The predicted octanol–water partition coefficient (Wildman–Crippen LogP) is -0.571. The molecule has 0 aromatic heterocycles. The molecule has 3 nitrogen and oxygen atoms in total. The molecule has 0 heterocycles. The molecule has 0 N–H and O–H groups in total. The van der Waals surface area contributed by atoms with Gasteiger partial charge in [-0.3, -0.25) is 0 Å². The fourth-order valence-electron chi connectivity index (χ4n) is 2.17. The Bertz CT molecular complexity index is 500. The number of benzene rings is 1. The third-order valence-corrected chi connectivity index (χ3v) is 5.16. The Labute approximate surface area is 156 Å². The van der Waals surface area contributed by atoms with E-state index in [0.29, 0.717) is 19.3 Å². The van der Waals surface area contributed by atoms with Crippen molar-refractivity contribution in [3.8, 4) is 0 Å². The number of alkyl halides is 1. The van der Waals surface area contributed by atoms with Gasteiger partial charge < -0.3 is 4.55 Å². The number of hydrogen-bond donors (Lipinski definition) is 0. The largest absolute Gasteiger partial charge is 1.00 e. The van der Waals surface area contributed by atoms with Gasteiger partial charge in [-0.15, -0.1) is 0 Å². The van der Waals surface area contributed by atoms with Crippen LogP contribution in [0.3, 0.4) is 0 Å². The van der Waals surface area contributed by atoms with E-state index in [2.05, 4.69) is 0 Å². The van der Waals surface area contributed by atoms with Crippen LogP contribution in [0.15, 0.2) is 30.3 Å². The number of halogens is 1. The molecule has 100 valence electrons. The van der Waals surface area contributed by atoms with Gasteiger partial charge in [0.25, 0.3) is 0 Å². The van der Waals surface area contributed by atoms with Gasteiger partial charge in [0.05, 0.1) is 4.75 Å². The van der Waals surface area contributed by atoms with Crippen LogP contribution in [0.5, 0.6) is 0 Å². The van der Waals surface area contributed by atoms with Crippen molar-refractivity contribution in [3.05, 3.63) is 35.9 Å². The summed E-state index contributed by atoms with van der Waals surface area (Å²) in [5.41, 5.74) is 1.02. The zero-order valence-corrected chi connectivity index (χ0v) is 15.0. The SMILES string of the molecule is O=S(=O)([O-])C1(C[C@H](F)CCc2ccccc2)CC1.[K+]. The summed E-state index contributed by atoms with van der Waals surface area (Å²) >= 11 is 0. The van der Waals surface area contributed by atoms with Crippen molar-refractivity contribution in [3.63, 3.8) is 0 Å². The molecule has 0 radical (unpaired) electrons. The number of hydrogen-bond acceptors (Lipinski definition) is 3. The summed E-state index contributed by atoms with van der Waals surface area (Å²) in [6.07, 6.45) is 0.0792. The van der Waals surface area contributed by atoms with Crippen molar-refractivity contribution >= 4 is 10.1 Å². The van der Waals surface area contributed by atoms with Crippen LogP contribution in [0.2, 0.25) is 0 Å². The topological polar surface area (TPSA) is 57.2 Å². The molecule has 0 spiro atoms. The smallest absolute Gasteiger partial charge is 0.748 e. The minimum atomic E-state index is -4.36. The first-order chi connectivity index (χ1) is 8.43. The summed E-state index contributed by atoms with van der Waals surface area (Å²) in [6, 6.07) is 9.47. The molecule has 1 aromatic carbocycles. The van der Waals surface area contributed by atoms with Gasteiger partial charge in [0.1, 0.15) is 16.3 Å². The normalized spacial score (nSPS) is 18.4. The quantitative estimate of drug-likeness (QED) is 0.522. The van der Waals surface area contributed by atoms with E-state index in [0.717, 1.165) is 5.56 Å². The van der Waals surface area contributed by atoms with Gasteiger partial charge in [-0.25, -0.2) is 12.8 Å². The minimum absolute atomic E-state index is 0. The van der Waals surface area contributed by atoms with Gasteiger partial charge in [0, 0.05) is 0 Å². The van der Waals surface area contributed by atoms with Crippen molar-refractivity contribution in [1.82, 2.24) is 0 Å². The summed E-state index contributed by atoms with van der Waals surface area (Å²) in [5, 5.41) is 0. The first kappa shape index (κ1) is 17.7. The summed E-state index contributed by atoms with van der Waals surface area (Å²) in [4.78, 5) is 0. The van der Waals surface area contributed by atoms with E-state index >= 15 is 0 Å². The van der Waals surface area contributed by atoms with Crippen LogP contribution in [-0.2, 0) is 16.5 Å². The van der Waals surface area contributed by atoms with Gasteiger partial charge in [-0.05, 0) is 37.7 Å². The average Bonchev–Trinajstić information content (AvgIpc) is 3.08. The standard InChI is InChI=1S/C13H17FO3S.K/c14-12(7-6-11-4-2-1-3-5-11)10-13(8-9-13)18(15,16)17;/h1-5,12H,6-10H2,(H,15,16,17);/q;+1/p-1/t12-;/m1./s1. The molecule has 0 amide bonds. The second-order valence-electron chi connectivity index (χ2n) is 4.96. The van der Waals surface area contributed by atoms with E-state index in [9.17, 15) is 17.4 Å². The van der Waals surface area contributed by atoms with E-state index in [1.165, 1.54) is 0 Å². The molecule has 2 rings (SSSR count). The van der Waals surface area contributed by atoms with Crippen LogP contribution >= 0.6 is 0 Å². The summed E-state index contributed by atoms with van der Waals surface area (Å²) in [6.45, 7) is 0. The van der Waals surface area contributed by atoms with Gasteiger partial charge in [0.2, 0.25) is 0 Å². The van der Waals surface area contributed by atoms with E-state index in [-0.39, 0.29) is 64.2 Å². The summed E-state index contributed by atoms with van der Waals surface area (Å²) in [5.74, 6) is 0. The predicted molar refractivity (Wildman–Crippen MR) is 65.9 cm³/mol. The molecule has 1 saturated carbocycles. The molecular formula is C13H16FKO3S. The molecule has 1 aliphatic rings. The molecule has 6 heteroatoms. The van der Waals surface area contributed by atoms with Crippen molar-refractivity contribution in [2.24, 2.45) is 0 Å². The first-order valence-corrected chi connectivity index (χ1v) is 7.47. The van der Waals surface area contributed by atoms with Gasteiger partial charge in [-0.1, -0.05) is 30.3 Å². The Morgan fingerprint density at radius 3 is 2.32 bits per heavy atom. The molecule has 19 heavy (non-hydrogen) atoms. The van der Waals surface area contributed by atoms with Gasteiger partial charge in [-0.2, -0.15) is 0 Å². The van der Waals surface area contributed by atoms with Crippen LogP contribution in [0.4, 0.5) is 4.39 Å². The van der Waals surface area contributed by atoms with Crippen LogP contribution < -0.4 is 51.4 Å². The van der Waals surface area contributed by atoms with Crippen molar-refractivity contribution in [2.45, 2.75) is 43.0 Å². The molecular weight excluding hydrogens is 294 g/mol. The second kappa shape index (κ2) is 7.11. The molecule has 1 aromatic rings. The monoisotopic (exact) mass is 310 g/mol. The van der Waals surface area contributed by atoms with Crippen LogP contribution in [0.1, 0.15) is 31.2 Å². The average molecular weight is 310 g/mol. The molecule has 0 unspecified atom stereocenters. The summed E-state index contributed by atoms with van der Waals surface area (Å²) in [7, 11) is -4.36. The third-order valence-electron chi connectivity index (χ3n) is 3.52. The van der Waals surface area contributed by atoms with Crippen LogP contribution in [0, 0.1) is 0 Å². The van der Waals surface area contributed by atoms with E-state index in [1.807, 2.05) is 30.3 Å². The fraction of sp³-hybridized carbons (Fsp3) is 0.538. The maximum Gasteiger partial charge on any atom is 1.00 e. The van der Waals surface area contributed by atoms with Crippen molar-refractivity contribution in [2.75, 3.05) is 0 Å². The maximum atomic E-state index is 13.8. The Morgan fingerprint density at radius 2 is 1.84 bits per heavy atom. The molecule has 1 atom stereocenters. The number of aryl methyl sites for hydroxylation is 1. The minimum Gasteiger partial charge on any atom is -0.748 e. The molecule has 0 saturated heterocycles. The van der Waals surface area contributed by atoms with Crippen LogP contribution in [0.25, 0.3) is 0 Å². The third kappa shape index (κ3) is 4.88. The summed E-state index contributed by atoms with van der Waals surface area (Å²) < 4.78 is 45.5. The fourth-order valence-corrected chi connectivity index (χ4v) is 3.16. The molecule has 1 fully saturated rings. The molecule has 0 bridgehead atoms. The zero-order valence-electron chi connectivity index (χ0n) is 11.0. The van der Waals surface area contributed by atoms with Gasteiger partial charge in [0.15, 0.2) is 0 Å². The van der Waals surface area contributed by atoms with E-state index in [4.69, 9.17) is 0 Å². The second-order valence-corrected chi connectivity index (χ2v) is 6.74. The number of rotatable bonds is 6. The Hall–Kier alpha value is 0.696. The Kier molecular flexibility index (Phi) is 6.64. The van der Waals surface area contributed by atoms with Gasteiger partial charge >= 0.3 is 51.4 Å². The van der Waals surface area contributed by atoms with Crippen molar-refractivity contribution < 1.29 is 68.7 Å². The molecule has 0 aliphatic heterocycles. The van der Waals surface area contributed by atoms with Crippen molar-refractivity contribution in [1.29, 1.82) is 0 Å². The van der Waals surface area contributed by atoms with E-state index < -0.39 is 21.0 Å². The Morgan fingerprint density at radius 1 is 1.26 bits per heavy atom. The first-order valence-electron chi connectivity index (χ1n) is 6.06. The van der Waals surface area contributed by atoms with Crippen LogP contribution in [-0.4, -0.2) is 23.9 Å².